The molecule has 0 aliphatic carbocycles. The Hall–Kier alpha value is -3.67. The molecule has 0 saturated heterocycles. The van der Waals surface area contributed by atoms with Crippen molar-refractivity contribution in [1.29, 1.82) is 0 Å². The number of ketones is 1. The Morgan fingerprint density at radius 3 is 2.47 bits per heavy atom. The quantitative estimate of drug-likeness (QED) is 0.339. The summed E-state index contributed by atoms with van der Waals surface area (Å²) in [5, 5.41) is 8.75. The lowest BCUT2D eigenvalue weighted by atomic mass is 9.99. The van der Waals surface area contributed by atoms with Crippen molar-refractivity contribution in [2.24, 2.45) is 0 Å². The zero-order valence-corrected chi connectivity index (χ0v) is 19.4. The van der Waals surface area contributed by atoms with Crippen molar-refractivity contribution in [2.75, 3.05) is 6.61 Å². The monoisotopic (exact) mass is 464 g/mol. The van der Waals surface area contributed by atoms with Crippen molar-refractivity contribution in [3.63, 3.8) is 0 Å². The molecule has 0 saturated carbocycles. The first kappa shape index (κ1) is 25.0. The van der Waals surface area contributed by atoms with Gasteiger partial charge in [0.1, 0.15) is 17.3 Å². The number of halogens is 1. The summed E-state index contributed by atoms with van der Waals surface area (Å²) >= 11 is 0. The van der Waals surface area contributed by atoms with Crippen molar-refractivity contribution in [3.05, 3.63) is 94.8 Å². The van der Waals surface area contributed by atoms with Crippen molar-refractivity contribution in [1.82, 2.24) is 0 Å². The molecule has 0 bridgehead atoms. The molecule has 0 aliphatic rings. The summed E-state index contributed by atoms with van der Waals surface area (Å²) in [4.78, 5) is 23.8. The van der Waals surface area contributed by atoms with Crippen LogP contribution in [0.2, 0.25) is 0 Å². The third kappa shape index (κ3) is 6.91. The molecule has 178 valence electrons. The van der Waals surface area contributed by atoms with E-state index in [-0.39, 0.29) is 24.7 Å². The number of carboxylic acid groups (broad SMARTS) is 1. The van der Waals surface area contributed by atoms with Crippen LogP contribution in [0.1, 0.15) is 53.7 Å². The molecule has 1 N–H and O–H groups in total. The molecule has 0 aromatic heterocycles. The lowest BCUT2D eigenvalue weighted by Crippen LogP contribution is -2.18. The Balaban J connectivity index is 1.61. The van der Waals surface area contributed by atoms with E-state index in [1.165, 1.54) is 6.07 Å². The zero-order chi connectivity index (χ0) is 24.5. The smallest absolute Gasteiger partial charge is 0.303 e. The van der Waals surface area contributed by atoms with Gasteiger partial charge in [0, 0.05) is 24.5 Å². The lowest BCUT2D eigenvalue weighted by molar-refractivity contribution is -0.136. The van der Waals surface area contributed by atoms with E-state index in [0.29, 0.717) is 41.2 Å². The largest absolute Gasteiger partial charge is 0.493 e. The van der Waals surface area contributed by atoms with Gasteiger partial charge in [0.05, 0.1) is 18.3 Å². The zero-order valence-electron chi connectivity index (χ0n) is 19.4. The highest BCUT2D eigenvalue weighted by molar-refractivity contribution is 6.10. The fourth-order valence-electron chi connectivity index (χ4n) is 3.50. The number of hydrogen-bond donors (Lipinski definition) is 1. The Morgan fingerprint density at radius 2 is 1.79 bits per heavy atom. The first-order valence-corrected chi connectivity index (χ1v) is 11.4. The number of hydrogen-bond acceptors (Lipinski definition) is 4. The second-order valence-corrected chi connectivity index (χ2v) is 8.09. The lowest BCUT2D eigenvalue weighted by Gasteiger charge is -2.18. The van der Waals surface area contributed by atoms with Crippen LogP contribution >= 0.6 is 0 Å². The standard InChI is InChI=1S/C28H29FO5/c1-3-20-9-13-26(24(17-20)28(32)22-7-5-4-6-8-22)34-19(2)15-16-33-23-12-10-21(25(29)18-23)11-14-27(30)31/h4-10,12-13,17-19H,3,11,14-16H2,1-2H3,(H,30,31)/t19-/m1/s1. The molecular weight excluding hydrogens is 435 g/mol. The van der Waals surface area contributed by atoms with Crippen molar-refractivity contribution in [3.8, 4) is 11.5 Å². The molecule has 0 fully saturated rings. The Kier molecular flexibility index (Phi) is 8.79. The van der Waals surface area contributed by atoms with Crippen LogP contribution < -0.4 is 9.47 Å². The van der Waals surface area contributed by atoms with Crippen LogP contribution in [0.3, 0.4) is 0 Å². The summed E-state index contributed by atoms with van der Waals surface area (Å²) in [7, 11) is 0. The predicted octanol–water partition coefficient (Wildman–Crippen LogP) is 5.87. The van der Waals surface area contributed by atoms with E-state index < -0.39 is 11.8 Å². The summed E-state index contributed by atoms with van der Waals surface area (Å²) in [6.07, 6.45) is 1.10. The number of carbonyl (C=O) groups is 2. The molecule has 6 heteroatoms. The minimum atomic E-state index is -0.966. The van der Waals surface area contributed by atoms with Gasteiger partial charge in [-0.25, -0.2) is 4.39 Å². The Labute approximate surface area is 199 Å². The maximum absolute atomic E-state index is 14.2. The number of aliphatic carboxylic acids is 1. The molecule has 34 heavy (non-hydrogen) atoms. The molecule has 1 atom stereocenters. The van der Waals surface area contributed by atoms with Crippen molar-refractivity contribution >= 4 is 11.8 Å². The van der Waals surface area contributed by atoms with E-state index in [4.69, 9.17) is 14.6 Å². The molecule has 3 aromatic carbocycles. The van der Waals surface area contributed by atoms with E-state index in [1.807, 2.05) is 50.2 Å². The first-order chi connectivity index (χ1) is 16.4. The average molecular weight is 465 g/mol. The van der Waals surface area contributed by atoms with Crippen molar-refractivity contribution < 1.29 is 28.6 Å². The van der Waals surface area contributed by atoms with E-state index in [0.717, 1.165) is 12.0 Å². The number of benzene rings is 3. The van der Waals surface area contributed by atoms with Gasteiger partial charge < -0.3 is 14.6 Å². The maximum Gasteiger partial charge on any atom is 0.303 e. The normalized spacial score (nSPS) is 11.6. The van der Waals surface area contributed by atoms with E-state index >= 15 is 0 Å². The van der Waals surface area contributed by atoms with Crippen LogP contribution in [0.5, 0.6) is 11.5 Å². The summed E-state index contributed by atoms with van der Waals surface area (Å²) in [5.74, 6) is -0.647. The van der Waals surface area contributed by atoms with Gasteiger partial charge >= 0.3 is 5.97 Å². The van der Waals surface area contributed by atoms with Gasteiger partial charge in [0.15, 0.2) is 5.78 Å². The molecular formula is C28H29FO5. The minimum absolute atomic E-state index is 0.0900. The van der Waals surface area contributed by atoms with Gasteiger partial charge in [-0.2, -0.15) is 0 Å². The number of carboxylic acids is 1. The van der Waals surface area contributed by atoms with Crippen LogP contribution in [0.15, 0.2) is 66.7 Å². The number of aryl methyl sites for hydroxylation is 2. The van der Waals surface area contributed by atoms with Crippen LogP contribution in [0.4, 0.5) is 4.39 Å². The summed E-state index contributed by atoms with van der Waals surface area (Å²) in [5.41, 5.74) is 2.52. The highest BCUT2D eigenvalue weighted by Gasteiger charge is 2.17. The number of ether oxygens (including phenoxy) is 2. The maximum atomic E-state index is 14.2. The van der Waals surface area contributed by atoms with E-state index in [2.05, 4.69) is 0 Å². The fraction of sp³-hybridized carbons (Fsp3) is 0.286. The van der Waals surface area contributed by atoms with Crippen LogP contribution in [0, 0.1) is 5.82 Å². The number of rotatable bonds is 12. The first-order valence-electron chi connectivity index (χ1n) is 11.4. The van der Waals surface area contributed by atoms with Gasteiger partial charge in [-0.1, -0.05) is 49.4 Å². The van der Waals surface area contributed by atoms with Gasteiger partial charge in [-0.05, 0) is 49.1 Å². The molecule has 0 unspecified atom stereocenters. The van der Waals surface area contributed by atoms with Gasteiger partial charge in [-0.15, -0.1) is 0 Å². The van der Waals surface area contributed by atoms with Gasteiger partial charge in [-0.3, -0.25) is 9.59 Å². The summed E-state index contributed by atoms with van der Waals surface area (Å²) < 4.78 is 25.9. The van der Waals surface area contributed by atoms with E-state index in [9.17, 15) is 14.0 Å². The number of carbonyl (C=O) groups excluding carboxylic acids is 1. The molecule has 0 spiro atoms. The van der Waals surface area contributed by atoms with Gasteiger partial charge in [0.25, 0.3) is 0 Å². The molecule has 0 heterocycles. The molecule has 5 nitrogen and oxygen atoms in total. The van der Waals surface area contributed by atoms with Crippen molar-refractivity contribution in [2.45, 2.75) is 45.6 Å². The van der Waals surface area contributed by atoms with Crippen LogP contribution in [-0.2, 0) is 17.6 Å². The Bertz CT molecular complexity index is 1130. The van der Waals surface area contributed by atoms with Crippen LogP contribution in [0.25, 0.3) is 0 Å². The molecule has 0 amide bonds. The average Bonchev–Trinajstić information content (AvgIpc) is 2.83. The predicted molar refractivity (Wildman–Crippen MR) is 128 cm³/mol. The molecule has 3 rings (SSSR count). The topological polar surface area (TPSA) is 72.8 Å². The second kappa shape index (κ2) is 12.0. The van der Waals surface area contributed by atoms with E-state index in [1.54, 1.807) is 24.3 Å². The SMILES string of the molecule is CCc1ccc(O[C@H](C)CCOc2ccc(CCC(=O)O)c(F)c2)c(C(=O)c2ccccc2)c1. The third-order valence-corrected chi connectivity index (χ3v) is 5.49. The molecule has 3 aromatic rings. The highest BCUT2D eigenvalue weighted by Crippen LogP contribution is 2.26. The summed E-state index contributed by atoms with van der Waals surface area (Å²) in [6.45, 7) is 4.22. The molecule has 0 aliphatic heterocycles. The third-order valence-electron chi connectivity index (χ3n) is 5.49. The summed E-state index contributed by atoms with van der Waals surface area (Å²) in [6, 6.07) is 19.2. The fourth-order valence-corrected chi connectivity index (χ4v) is 3.50. The van der Waals surface area contributed by atoms with Gasteiger partial charge in [0.2, 0.25) is 0 Å². The second-order valence-electron chi connectivity index (χ2n) is 8.09. The molecule has 0 radical (unpaired) electrons. The highest BCUT2D eigenvalue weighted by atomic mass is 19.1. The Morgan fingerprint density at radius 1 is 1.03 bits per heavy atom. The minimum Gasteiger partial charge on any atom is -0.493 e. The van der Waals surface area contributed by atoms with Crippen LogP contribution in [-0.4, -0.2) is 29.6 Å².